The van der Waals surface area contributed by atoms with Crippen molar-refractivity contribution in [3.05, 3.63) is 12.3 Å². The molecule has 1 unspecified atom stereocenters. The molecule has 19 heavy (non-hydrogen) atoms. The highest BCUT2D eigenvalue weighted by Gasteiger charge is 2.32. The lowest BCUT2D eigenvalue weighted by Crippen LogP contribution is -2.48. The molecule has 0 spiro atoms. The Hall–Kier alpha value is -2.18. The zero-order valence-corrected chi connectivity index (χ0v) is 10.9. The Morgan fingerprint density at radius 1 is 1.53 bits per heavy atom. The summed E-state index contributed by atoms with van der Waals surface area (Å²) in [5.41, 5.74) is 0. The lowest BCUT2D eigenvalue weighted by atomic mass is 10.1. The number of imide groups is 1. The first-order valence-corrected chi connectivity index (χ1v) is 6.14. The van der Waals surface area contributed by atoms with E-state index < -0.39 is 6.04 Å². The minimum Gasteiger partial charge on any atom is -0.478 e. The monoisotopic (exact) mass is 264 g/mol. The Kier molecular flexibility index (Phi) is 3.94. The Labute approximate surface area is 111 Å². The van der Waals surface area contributed by atoms with Crippen molar-refractivity contribution in [3.8, 4) is 5.88 Å². The Morgan fingerprint density at radius 3 is 3.05 bits per heavy atom. The summed E-state index contributed by atoms with van der Waals surface area (Å²) in [5.74, 6) is 0.355. The lowest BCUT2D eigenvalue weighted by Gasteiger charge is -2.28. The normalized spacial score (nSPS) is 19.5. The molecule has 1 aromatic rings. The fraction of sp³-hybridized carbons (Fsp3) is 0.500. The van der Waals surface area contributed by atoms with Gasteiger partial charge in [0.1, 0.15) is 6.04 Å². The van der Waals surface area contributed by atoms with Crippen LogP contribution in [0.15, 0.2) is 12.3 Å². The second kappa shape index (κ2) is 5.64. The molecule has 1 saturated heterocycles. The van der Waals surface area contributed by atoms with Gasteiger partial charge in [0.25, 0.3) is 5.91 Å². The molecule has 7 heteroatoms. The summed E-state index contributed by atoms with van der Waals surface area (Å²) in [7, 11) is 1.48. The van der Waals surface area contributed by atoms with Crippen LogP contribution in [0.25, 0.3) is 0 Å². The van der Waals surface area contributed by atoms with E-state index in [1.807, 2.05) is 6.92 Å². The second-order valence-electron chi connectivity index (χ2n) is 4.18. The van der Waals surface area contributed by atoms with Crippen molar-refractivity contribution >= 4 is 17.8 Å². The fourth-order valence-electron chi connectivity index (χ4n) is 1.85. The highest BCUT2D eigenvalue weighted by Crippen LogP contribution is 2.16. The van der Waals surface area contributed by atoms with Crippen LogP contribution in [-0.2, 0) is 9.59 Å². The number of hydrogen-bond donors (Lipinski definition) is 1. The summed E-state index contributed by atoms with van der Waals surface area (Å²) < 4.78 is 5.26. The topological polar surface area (TPSA) is 84.4 Å². The number of carbonyl (C=O) groups excluding carboxylic acids is 2. The number of nitrogens with zero attached hydrogens (tertiary/aromatic N) is 3. The number of amides is 2. The van der Waals surface area contributed by atoms with Crippen molar-refractivity contribution in [2.24, 2.45) is 0 Å². The fourth-order valence-corrected chi connectivity index (χ4v) is 1.85. The molecule has 1 aliphatic heterocycles. The Bertz CT molecular complexity index is 492. The first-order chi connectivity index (χ1) is 9.11. The average molecular weight is 264 g/mol. The van der Waals surface area contributed by atoms with Crippen LogP contribution in [-0.4, -0.2) is 46.4 Å². The molecule has 0 aliphatic carbocycles. The van der Waals surface area contributed by atoms with Crippen LogP contribution < -0.4 is 10.1 Å². The Morgan fingerprint density at radius 2 is 2.32 bits per heavy atom. The van der Waals surface area contributed by atoms with Gasteiger partial charge in [0.2, 0.25) is 17.7 Å². The molecular formula is C12H16N4O3. The van der Waals surface area contributed by atoms with Crippen LogP contribution in [0.2, 0.25) is 0 Å². The van der Waals surface area contributed by atoms with Gasteiger partial charge in [-0.1, -0.05) is 0 Å². The van der Waals surface area contributed by atoms with Gasteiger partial charge >= 0.3 is 0 Å². The van der Waals surface area contributed by atoms with Crippen molar-refractivity contribution in [1.82, 2.24) is 14.9 Å². The van der Waals surface area contributed by atoms with Gasteiger partial charge in [0.15, 0.2) is 0 Å². The van der Waals surface area contributed by atoms with Gasteiger partial charge in [-0.25, -0.2) is 4.98 Å². The number of anilines is 1. The maximum Gasteiger partial charge on any atom is 0.251 e. The maximum absolute atomic E-state index is 11.9. The summed E-state index contributed by atoms with van der Waals surface area (Å²) >= 11 is 0. The quantitative estimate of drug-likeness (QED) is 0.794. The van der Waals surface area contributed by atoms with Crippen molar-refractivity contribution < 1.29 is 14.3 Å². The number of hydrogen-bond acceptors (Lipinski definition) is 6. The largest absolute Gasteiger partial charge is 0.478 e. The van der Waals surface area contributed by atoms with E-state index >= 15 is 0 Å². The minimum atomic E-state index is -0.473. The lowest BCUT2D eigenvalue weighted by molar-refractivity contribution is -0.146. The number of likely N-dealkylation sites (N-methyl/N-ethyl adjacent to an activating group) is 1. The first-order valence-electron chi connectivity index (χ1n) is 6.14. The van der Waals surface area contributed by atoms with E-state index in [-0.39, 0.29) is 11.8 Å². The molecule has 1 fully saturated rings. The van der Waals surface area contributed by atoms with E-state index in [4.69, 9.17) is 4.74 Å². The Balaban J connectivity index is 2.06. The first kappa shape index (κ1) is 13.3. The van der Waals surface area contributed by atoms with E-state index in [9.17, 15) is 9.59 Å². The zero-order valence-electron chi connectivity index (χ0n) is 10.9. The average Bonchev–Trinajstić information content (AvgIpc) is 2.40. The van der Waals surface area contributed by atoms with E-state index in [1.165, 1.54) is 7.05 Å². The van der Waals surface area contributed by atoms with Gasteiger partial charge in [-0.15, -0.1) is 0 Å². The maximum atomic E-state index is 11.9. The highest BCUT2D eigenvalue weighted by molar-refractivity contribution is 6.01. The third kappa shape index (κ3) is 2.98. The molecule has 2 amide bonds. The van der Waals surface area contributed by atoms with E-state index in [0.717, 1.165) is 4.90 Å². The number of rotatable bonds is 4. The summed E-state index contributed by atoms with van der Waals surface area (Å²) in [6.07, 6.45) is 2.35. The number of piperidine rings is 1. The van der Waals surface area contributed by atoms with E-state index in [2.05, 4.69) is 15.3 Å². The zero-order chi connectivity index (χ0) is 13.8. The molecule has 2 rings (SSSR count). The molecule has 1 aromatic heterocycles. The summed E-state index contributed by atoms with van der Waals surface area (Å²) in [6, 6.07) is 1.17. The predicted molar refractivity (Wildman–Crippen MR) is 67.6 cm³/mol. The van der Waals surface area contributed by atoms with Gasteiger partial charge in [0.05, 0.1) is 6.61 Å². The molecule has 0 saturated carbocycles. The summed E-state index contributed by atoms with van der Waals surface area (Å²) in [6.45, 7) is 2.37. The number of ether oxygens (including phenoxy) is 1. The molecular weight excluding hydrogens is 248 g/mol. The molecule has 1 atom stereocenters. The standard InChI is InChI=1S/C12H16N4O3/c1-3-19-9-6-7-13-12(15-9)14-8-4-5-10(17)16(2)11(8)18/h6-8H,3-5H2,1-2H3,(H,13,14,15). The minimum absolute atomic E-state index is 0.160. The van der Waals surface area contributed by atoms with Crippen molar-refractivity contribution in [3.63, 3.8) is 0 Å². The van der Waals surface area contributed by atoms with Gasteiger partial charge in [0, 0.05) is 25.7 Å². The number of likely N-dealkylation sites (tertiary alicyclic amines) is 1. The van der Waals surface area contributed by atoms with Crippen LogP contribution in [0.3, 0.4) is 0 Å². The van der Waals surface area contributed by atoms with E-state index in [0.29, 0.717) is 31.3 Å². The molecule has 1 N–H and O–H groups in total. The van der Waals surface area contributed by atoms with Gasteiger partial charge < -0.3 is 10.1 Å². The molecule has 102 valence electrons. The van der Waals surface area contributed by atoms with Crippen molar-refractivity contribution in [2.75, 3.05) is 19.0 Å². The third-order valence-corrected chi connectivity index (χ3v) is 2.88. The molecule has 2 heterocycles. The highest BCUT2D eigenvalue weighted by atomic mass is 16.5. The number of carbonyl (C=O) groups is 2. The van der Waals surface area contributed by atoms with Crippen molar-refractivity contribution in [2.45, 2.75) is 25.8 Å². The number of aromatic nitrogens is 2. The van der Waals surface area contributed by atoms with Crippen LogP contribution >= 0.6 is 0 Å². The smallest absolute Gasteiger partial charge is 0.251 e. The molecule has 0 aromatic carbocycles. The van der Waals surface area contributed by atoms with Gasteiger partial charge in [-0.2, -0.15) is 4.98 Å². The molecule has 1 aliphatic rings. The predicted octanol–water partition coefficient (Wildman–Crippen LogP) is 0.435. The van der Waals surface area contributed by atoms with Crippen molar-refractivity contribution in [1.29, 1.82) is 0 Å². The van der Waals surface area contributed by atoms with Crippen LogP contribution in [0.5, 0.6) is 5.88 Å². The van der Waals surface area contributed by atoms with E-state index in [1.54, 1.807) is 12.3 Å². The van der Waals surface area contributed by atoms with Crippen LogP contribution in [0.4, 0.5) is 5.95 Å². The van der Waals surface area contributed by atoms with Crippen LogP contribution in [0, 0.1) is 0 Å². The van der Waals surface area contributed by atoms with Crippen LogP contribution in [0.1, 0.15) is 19.8 Å². The second-order valence-corrected chi connectivity index (χ2v) is 4.18. The molecule has 7 nitrogen and oxygen atoms in total. The van der Waals surface area contributed by atoms with Gasteiger partial charge in [-0.05, 0) is 13.3 Å². The van der Waals surface area contributed by atoms with Gasteiger partial charge in [-0.3, -0.25) is 14.5 Å². The SMILES string of the molecule is CCOc1ccnc(NC2CCC(=O)N(C)C2=O)n1. The number of nitrogens with one attached hydrogen (secondary N) is 1. The molecule has 0 radical (unpaired) electrons. The summed E-state index contributed by atoms with van der Waals surface area (Å²) in [4.78, 5) is 32.6. The third-order valence-electron chi connectivity index (χ3n) is 2.88. The molecule has 0 bridgehead atoms. The summed E-state index contributed by atoms with van der Waals surface area (Å²) in [5, 5.41) is 2.93.